The van der Waals surface area contributed by atoms with E-state index in [4.69, 9.17) is 14.2 Å². The number of rotatable bonds is 4. The van der Waals surface area contributed by atoms with E-state index < -0.39 is 0 Å². The second kappa shape index (κ2) is 6.44. The van der Waals surface area contributed by atoms with E-state index in [1.54, 1.807) is 0 Å². The molecule has 1 aliphatic carbocycles. The molecule has 1 N–H and O–H groups in total. The van der Waals surface area contributed by atoms with Gasteiger partial charge in [0.05, 0.1) is 5.92 Å². The van der Waals surface area contributed by atoms with Crippen LogP contribution in [0.2, 0.25) is 0 Å². The lowest BCUT2D eigenvalue weighted by Gasteiger charge is -2.31. The highest BCUT2D eigenvalue weighted by atomic mass is 16.5. The molecule has 5 heteroatoms. The third-order valence-corrected chi connectivity index (χ3v) is 4.93. The van der Waals surface area contributed by atoms with Gasteiger partial charge in [-0.2, -0.15) is 4.98 Å². The quantitative estimate of drug-likeness (QED) is 0.924. The van der Waals surface area contributed by atoms with Crippen molar-refractivity contribution in [2.45, 2.75) is 76.4 Å². The summed E-state index contributed by atoms with van der Waals surface area (Å²) in [6.45, 7) is 6.03. The molecule has 3 atom stereocenters. The molecule has 1 aliphatic heterocycles. The van der Waals surface area contributed by atoms with Crippen LogP contribution in [0.1, 0.15) is 76.4 Å². The van der Waals surface area contributed by atoms with E-state index in [1.807, 2.05) is 0 Å². The fraction of sp³-hybridized carbons (Fsp3) is 0.875. The lowest BCUT2D eigenvalue weighted by molar-refractivity contribution is -0.0770. The van der Waals surface area contributed by atoms with E-state index >= 15 is 0 Å². The topological polar surface area (TPSA) is 60.2 Å². The minimum absolute atomic E-state index is 0.354. The first-order valence-electron chi connectivity index (χ1n) is 8.44. The van der Waals surface area contributed by atoms with Gasteiger partial charge < -0.3 is 14.6 Å². The summed E-state index contributed by atoms with van der Waals surface area (Å²) in [5.41, 5.74) is -0.359. The molecule has 2 fully saturated rings. The molecule has 1 aromatic rings. The maximum atomic E-state index is 5.93. The van der Waals surface area contributed by atoms with Gasteiger partial charge in [0, 0.05) is 12.6 Å². The summed E-state index contributed by atoms with van der Waals surface area (Å²) < 4.78 is 11.5. The van der Waals surface area contributed by atoms with E-state index in [-0.39, 0.29) is 5.60 Å². The van der Waals surface area contributed by atoms with Crippen molar-refractivity contribution in [3.63, 3.8) is 0 Å². The predicted octanol–water partition coefficient (Wildman–Crippen LogP) is 3.12. The Hall–Kier alpha value is -0.940. The first-order chi connectivity index (χ1) is 10.2. The molecule has 3 unspecified atom stereocenters. The van der Waals surface area contributed by atoms with Gasteiger partial charge in [-0.3, -0.25) is 0 Å². The highest BCUT2D eigenvalue weighted by Crippen LogP contribution is 2.36. The summed E-state index contributed by atoms with van der Waals surface area (Å²) in [6.07, 6.45) is 8.15. The van der Waals surface area contributed by atoms with Gasteiger partial charge in [0.25, 0.3) is 0 Å². The minimum Gasteiger partial charge on any atom is -0.367 e. The molecule has 0 aromatic carbocycles. The van der Waals surface area contributed by atoms with Crippen LogP contribution in [0.15, 0.2) is 4.52 Å². The second-order valence-corrected chi connectivity index (χ2v) is 6.55. The molecule has 2 heterocycles. The zero-order chi connectivity index (χ0) is 14.7. The van der Waals surface area contributed by atoms with Gasteiger partial charge in [-0.05, 0) is 45.6 Å². The standard InChI is InChI=1S/C16H27N3O2/c1-3-17-13-9-5-4-8-12(13)14-18-15(19-21-14)16(2)10-6-7-11-20-16/h12-13,17H,3-11H2,1-2H3. The monoisotopic (exact) mass is 293 g/mol. The zero-order valence-electron chi connectivity index (χ0n) is 13.2. The first kappa shape index (κ1) is 15.0. The first-order valence-corrected chi connectivity index (χ1v) is 8.44. The molecule has 1 saturated carbocycles. The highest BCUT2D eigenvalue weighted by Gasteiger charge is 2.37. The number of hydrogen-bond donors (Lipinski definition) is 1. The van der Waals surface area contributed by atoms with E-state index in [1.165, 1.54) is 25.7 Å². The van der Waals surface area contributed by atoms with Crippen LogP contribution >= 0.6 is 0 Å². The van der Waals surface area contributed by atoms with Crippen molar-refractivity contribution in [2.24, 2.45) is 0 Å². The average molecular weight is 293 g/mol. The largest absolute Gasteiger partial charge is 0.367 e. The second-order valence-electron chi connectivity index (χ2n) is 6.55. The van der Waals surface area contributed by atoms with Gasteiger partial charge in [-0.1, -0.05) is 24.9 Å². The van der Waals surface area contributed by atoms with Crippen LogP contribution in [0.5, 0.6) is 0 Å². The van der Waals surface area contributed by atoms with Crippen molar-refractivity contribution in [3.05, 3.63) is 11.7 Å². The number of aromatic nitrogens is 2. The third-order valence-electron chi connectivity index (χ3n) is 4.93. The van der Waals surface area contributed by atoms with Crippen LogP contribution in [-0.2, 0) is 10.3 Å². The van der Waals surface area contributed by atoms with Crippen molar-refractivity contribution < 1.29 is 9.26 Å². The van der Waals surface area contributed by atoms with Crippen molar-refractivity contribution in [2.75, 3.05) is 13.2 Å². The molecule has 118 valence electrons. The molecule has 0 radical (unpaired) electrons. The van der Waals surface area contributed by atoms with E-state index in [0.29, 0.717) is 12.0 Å². The Balaban J connectivity index is 1.76. The molecule has 1 aromatic heterocycles. The van der Waals surface area contributed by atoms with Gasteiger partial charge >= 0.3 is 0 Å². The van der Waals surface area contributed by atoms with Gasteiger partial charge in [0.15, 0.2) is 0 Å². The van der Waals surface area contributed by atoms with E-state index in [2.05, 4.69) is 24.3 Å². The fourth-order valence-electron chi connectivity index (χ4n) is 3.64. The van der Waals surface area contributed by atoms with Gasteiger partial charge in [0.1, 0.15) is 5.60 Å². The smallest absolute Gasteiger partial charge is 0.231 e. The Morgan fingerprint density at radius 2 is 2.10 bits per heavy atom. The van der Waals surface area contributed by atoms with Crippen LogP contribution in [0, 0.1) is 0 Å². The SMILES string of the molecule is CCNC1CCCCC1c1nc(C2(C)CCCCO2)no1. The number of nitrogens with one attached hydrogen (secondary N) is 1. The normalized spacial score (nSPS) is 34.0. The van der Waals surface area contributed by atoms with Crippen LogP contribution in [-0.4, -0.2) is 29.3 Å². The number of ether oxygens (including phenoxy) is 1. The maximum Gasteiger partial charge on any atom is 0.231 e. The fourth-order valence-corrected chi connectivity index (χ4v) is 3.64. The van der Waals surface area contributed by atoms with Gasteiger partial charge in [0.2, 0.25) is 11.7 Å². The molecule has 0 spiro atoms. The van der Waals surface area contributed by atoms with E-state index in [9.17, 15) is 0 Å². The Morgan fingerprint density at radius 3 is 2.86 bits per heavy atom. The van der Waals surface area contributed by atoms with Crippen LogP contribution in [0.4, 0.5) is 0 Å². The highest BCUT2D eigenvalue weighted by molar-refractivity contribution is 5.06. The summed E-state index contributed by atoms with van der Waals surface area (Å²) in [5.74, 6) is 1.89. The molecule has 0 bridgehead atoms. The summed E-state index contributed by atoms with van der Waals surface area (Å²) in [4.78, 5) is 4.72. The van der Waals surface area contributed by atoms with Gasteiger partial charge in [-0.15, -0.1) is 0 Å². The lowest BCUT2D eigenvalue weighted by Crippen LogP contribution is -2.37. The Labute approximate surface area is 126 Å². The van der Waals surface area contributed by atoms with Crippen LogP contribution < -0.4 is 5.32 Å². The van der Waals surface area contributed by atoms with Gasteiger partial charge in [-0.25, -0.2) is 0 Å². The van der Waals surface area contributed by atoms with Crippen LogP contribution in [0.3, 0.4) is 0 Å². The molecule has 2 aliphatic rings. The molecular formula is C16H27N3O2. The predicted molar refractivity (Wildman–Crippen MR) is 80.1 cm³/mol. The maximum absolute atomic E-state index is 5.93. The number of hydrogen-bond acceptors (Lipinski definition) is 5. The molecule has 3 rings (SSSR count). The summed E-state index contributed by atoms with van der Waals surface area (Å²) >= 11 is 0. The number of nitrogens with zero attached hydrogens (tertiary/aromatic N) is 2. The summed E-state index contributed by atoms with van der Waals surface area (Å²) in [6, 6.07) is 0.470. The third kappa shape index (κ3) is 3.14. The lowest BCUT2D eigenvalue weighted by atomic mass is 9.84. The average Bonchev–Trinajstić information content (AvgIpc) is 2.99. The summed E-state index contributed by atoms with van der Waals surface area (Å²) in [5, 5.41) is 7.81. The minimum atomic E-state index is -0.359. The molecule has 1 saturated heterocycles. The van der Waals surface area contributed by atoms with Crippen molar-refractivity contribution in [1.82, 2.24) is 15.5 Å². The molecule has 5 nitrogen and oxygen atoms in total. The van der Waals surface area contributed by atoms with Crippen molar-refractivity contribution >= 4 is 0 Å². The number of likely N-dealkylation sites (N-methyl/N-ethyl adjacent to an activating group) is 1. The van der Waals surface area contributed by atoms with Crippen LogP contribution in [0.25, 0.3) is 0 Å². The molecular weight excluding hydrogens is 266 g/mol. The van der Waals surface area contributed by atoms with Crippen molar-refractivity contribution in [3.8, 4) is 0 Å². The Morgan fingerprint density at radius 1 is 1.24 bits per heavy atom. The Kier molecular flexibility index (Phi) is 4.60. The Bertz CT molecular complexity index is 452. The summed E-state index contributed by atoms with van der Waals surface area (Å²) in [7, 11) is 0. The zero-order valence-corrected chi connectivity index (χ0v) is 13.2. The molecule has 0 amide bonds. The van der Waals surface area contributed by atoms with Crippen molar-refractivity contribution in [1.29, 1.82) is 0 Å². The van der Waals surface area contributed by atoms with E-state index in [0.717, 1.165) is 44.1 Å². The molecule has 21 heavy (non-hydrogen) atoms.